The van der Waals surface area contributed by atoms with Crippen molar-refractivity contribution in [2.45, 2.75) is 70.4 Å². The van der Waals surface area contributed by atoms with Crippen molar-refractivity contribution in [1.82, 2.24) is 9.78 Å². The number of para-hydroxylation sites is 1. The van der Waals surface area contributed by atoms with Crippen molar-refractivity contribution >= 4 is 15.7 Å². The highest BCUT2D eigenvalue weighted by molar-refractivity contribution is 7.93. The molecule has 0 spiro atoms. The van der Waals surface area contributed by atoms with Gasteiger partial charge >= 0.3 is 0 Å². The van der Waals surface area contributed by atoms with E-state index in [1.54, 1.807) is 15.2 Å². The summed E-state index contributed by atoms with van der Waals surface area (Å²) in [5, 5.41) is 4.61. The molecule has 0 saturated heterocycles. The van der Waals surface area contributed by atoms with Crippen LogP contribution in [0.4, 0.5) is 5.69 Å². The Hall–Kier alpha value is -1.82. The van der Waals surface area contributed by atoms with Crippen LogP contribution in [-0.4, -0.2) is 24.2 Å². The zero-order valence-electron chi connectivity index (χ0n) is 15.8. The maximum atomic E-state index is 13.6. The van der Waals surface area contributed by atoms with Gasteiger partial charge in [-0.15, -0.1) is 0 Å². The SMILES string of the molecule is CC1Cc2ccccc2N1S(=O)(=O)c1cn(C(C)C)nc1C(C)(C)C. The minimum absolute atomic E-state index is 0.0994. The molecule has 1 atom stereocenters. The zero-order valence-corrected chi connectivity index (χ0v) is 16.6. The number of aromatic nitrogens is 2. The van der Waals surface area contributed by atoms with E-state index in [1.807, 2.05) is 65.8 Å². The third kappa shape index (κ3) is 2.97. The Morgan fingerprint density at radius 1 is 1.20 bits per heavy atom. The average Bonchev–Trinajstić information content (AvgIpc) is 3.07. The molecule has 1 aromatic heterocycles. The summed E-state index contributed by atoms with van der Waals surface area (Å²) < 4.78 is 30.5. The predicted octanol–water partition coefficient (Wildman–Crippen LogP) is 3.90. The Morgan fingerprint density at radius 2 is 1.84 bits per heavy atom. The first kappa shape index (κ1) is 18.0. The zero-order chi connectivity index (χ0) is 18.6. The van der Waals surface area contributed by atoms with Gasteiger partial charge in [0.25, 0.3) is 10.0 Å². The van der Waals surface area contributed by atoms with E-state index in [-0.39, 0.29) is 17.5 Å². The molecule has 3 rings (SSSR count). The molecular weight excluding hydrogens is 334 g/mol. The topological polar surface area (TPSA) is 55.2 Å². The third-order valence-corrected chi connectivity index (χ3v) is 6.55. The number of sulfonamides is 1. The van der Waals surface area contributed by atoms with Gasteiger partial charge in [-0.3, -0.25) is 8.99 Å². The van der Waals surface area contributed by atoms with Crippen LogP contribution >= 0.6 is 0 Å². The van der Waals surface area contributed by atoms with Crippen molar-refractivity contribution in [1.29, 1.82) is 0 Å². The molecule has 2 heterocycles. The number of anilines is 1. The second-order valence-electron chi connectivity index (χ2n) is 8.15. The maximum absolute atomic E-state index is 13.6. The van der Waals surface area contributed by atoms with Gasteiger partial charge in [0.2, 0.25) is 0 Å². The summed E-state index contributed by atoms with van der Waals surface area (Å²) in [6.07, 6.45) is 2.42. The van der Waals surface area contributed by atoms with Crippen LogP contribution in [0.15, 0.2) is 35.4 Å². The first-order valence-corrected chi connectivity index (χ1v) is 10.2. The van der Waals surface area contributed by atoms with E-state index < -0.39 is 10.0 Å². The van der Waals surface area contributed by atoms with Gasteiger partial charge in [-0.2, -0.15) is 5.10 Å². The van der Waals surface area contributed by atoms with E-state index in [0.717, 1.165) is 17.7 Å². The number of fused-ring (bicyclic) bond motifs is 1. The first-order valence-electron chi connectivity index (χ1n) is 8.75. The quantitative estimate of drug-likeness (QED) is 0.833. The van der Waals surface area contributed by atoms with Crippen LogP contribution in [0.3, 0.4) is 0 Å². The molecular formula is C19H27N3O2S. The van der Waals surface area contributed by atoms with Gasteiger partial charge in [-0.1, -0.05) is 39.0 Å². The molecule has 0 bridgehead atoms. The normalized spacial score (nSPS) is 18.0. The lowest BCUT2D eigenvalue weighted by Crippen LogP contribution is -2.36. The van der Waals surface area contributed by atoms with Gasteiger partial charge in [0.1, 0.15) is 4.90 Å². The van der Waals surface area contributed by atoms with Crippen LogP contribution < -0.4 is 4.31 Å². The van der Waals surface area contributed by atoms with Crippen molar-refractivity contribution in [3.05, 3.63) is 41.7 Å². The maximum Gasteiger partial charge on any atom is 0.268 e. The van der Waals surface area contributed by atoms with Gasteiger partial charge in [0, 0.05) is 23.7 Å². The Labute approximate surface area is 150 Å². The van der Waals surface area contributed by atoms with Crippen LogP contribution in [0.25, 0.3) is 0 Å². The summed E-state index contributed by atoms with van der Waals surface area (Å²) in [6.45, 7) is 12.0. The fraction of sp³-hybridized carbons (Fsp3) is 0.526. The second-order valence-corrected chi connectivity index (χ2v) is 9.93. The smallest absolute Gasteiger partial charge is 0.268 e. The summed E-state index contributed by atoms with van der Waals surface area (Å²) in [5.74, 6) is 0. The molecule has 0 radical (unpaired) electrons. The number of hydrogen-bond acceptors (Lipinski definition) is 3. The van der Waals surface area contributed by atoms with E-state index in [4.69, 9.17) is 0 Å². The van der Waals surface area contributed by atoms with Gasteiger partial charge in [0.15, 0.2) is 0 Å². The summed E-state index contributed by atoms with van der Waals surface area (Å²) >= 11 is 0. The van der Waals surface area contributed by atoms with E-state index in [2.05, 4.69) is 5.10 Å². The standard InChI is InChI=1S/C19H27N3O2S/c1-13(2)21-12-17(18(20-21)19(4,5)6)25(23,24)22-14(3)11-15-9-7-8-10-16(15)22/h7-10,12-14H,11H2,1-6H3. The number of benzene rings is 1. The van der Waals surface area contributed by atoms with Crippen LogP contribution in [0, 0.1) is 0 Å². The molecule has 0 N–H and O–H groups in total. The summed E-state index contributed by atoms with van der Waals surface area (Å²) in [4.78, 5) is 0.317. The highest BCUT2D eigenvalue weighted by Gasteiger charge is 2.40. The highest BCUT2D eigenvalue weighted by Crippen LogP contribution is 2.39. The van der Waals surface area contributed by atoms with Crippen LogP contribution in [0.2, 0.25) is 0 Å². The second kappa shape index (κ2) is 5.87. The van der Waals surface area contributed by atoms with Crippen molar-refractivity contribution < 1.29 is 8.42 Å². The molecule has 2 aromatic rings. The molecule has 1 aliphatic rings. The van der Waals surface area contributed by atoms with Crippen molar-refractivity contribution in [2.75, 3.05) is 4.31 Å². The average molecular weight is 362 g/mol. The molecule has 0 saturated carbocycles. The Morgan fingerprint density at radius 3 is 2.44 bits per heavy atom. The van der Waals surface area contributed by atoms with Gasteiger partial charge in [0.05, 0.1) is 11.4 Å². The van der Waals surface area contributed by atoms with E-state index >= 15 is 0 Å². The third-order valence-electron chi connectivity index (χ3n) is 4.62. The fourth-order valence-electron chi connectivity index (χ4n) is 3.36. The Bertz CT molecular complexity index is 892. The van der Waals surface area contributed by atoms with Crippen molar-refractivity contribution in [2.24, 2.45) is 0 Å². The van der Waals surface area contributed by atoms with Crippen LogP contribution in [0.1, 0.15) is 58.8 Å². The molecule has 0 amide bonds. The number of nitrogens with zero attached hydrogens (tertiary/aromatic N) is 3. The monoisotopic (exact) mass is 361 g/mol. The van der Waals surface area contributed by atoms with Crippen molar-refractivity contribution in [3.8, 4) is 0 Å². The lowest BCUT2D eigenvalue weighted by Gasteiger charge is -2.26. The lowest BCUT2D eigenvalue weighted by atomic mass is 9.92. The number of hydrogen-bond donors (Lipinski definition) is 0. The van der Waals surface area contributed by atoms with Gasteiger partial charge < -0.3 is 0 Å². The predicted molar refractivity (Wildman–Crippen MR) is 101 cm³/mol. The molecule has 1 unspecified atom stereocenters. The van der Waals surface area contributed by atoms with Gasteiger partial charge in [-0.05, 0) is 38.8 Å². The summed E-state index contributed by atoms with van der Waals surface area (Å²) in [7, 11) is -3.68. The van der Waals surface area contributed by atoms with Gasteiger partial charge in [-0.25, -0.2) is 8.42 Å². The lowest BCUT2D eigenvalue weighted by molar-refractivity contribution is 0.493. The Kier molecular flexibility index (Phi) is 4.22. The molecule has 0 aliphatic carbocycles. The first-order chi connectivity index (χ1) is 11.5. The Balaban J connectivity index is 2.19. The molecule has 1 aromatic carbocycles. The highest BCUT2D eigenvalue weighted by atomic mass is 32.2. The van der Waals surface area contributed by atoms with E-state index in [9.17, 15) is 8.42 Å². The summed E-state index contributed by atoms with van der Waals surface area (Å²) in [5.41, 5.74) is 2.13. The largest absolute Gasteiger partial charge is 0.269 e. The molecule has 25 heavy (non-hydrogen) atoms. The van der Waals surface area contributed by atoms with Crippen LogP contribution in [0.5, 0.6) is 0 Å². The fourth-order valence-corrected chi connectivity index (χ4v) is 5.39. The molecule has 1 aliphatic heterocycles. The van der Waals surface area contributed by atoms with E-state index in [0.29, 0.717) is 10.6 Å². The molecule has 6 heteroatoms. The molecule has 0 fully saturated rings. The minimum Gasteiger partial charge on any atom is -0.269 e. The molecule has 136 valence electrons. The summed E-state index contributed by atoms with van der Waals surface area (Å²) in [6, 6.07) is 7.75. The van der Waals surface area contributed by atoms with E-state index in [1.165, 1.54) is 0 Å². The van der Waals surface area contributed by atoms with Crippen molar-refractivity contribution in [3.63, 3.8) is 0 Å². The minimum atomic E-state index is -3.68. The number of rotatable bonds is 3. The van der Waals surface area contributed by atoms with Crippen LogP contribution in [-0.2, 0) is 21.9 Å². The molecule has 5 nitrogen and oxygen atoms in total.